The van der Waals surface area contributed by atoms with Gasteiger partial charge in [0.2, 0.25) is 0 Å². The third kappa shape index (κ3) is 4.48. The SMILES string of the molecule is C=C(/C=c1/cc(-c2cncc(N)c2C)c(C#N)c(Cl)/c1=C/C)Nc1cc2n(n1)C(=C)N(C(C)C)CC2. The Balaban J connectivity index is 1.75. The number of nitriles is 1. The standard InChI is InChI=1S/C28H30ClN7/c1-7-22-20(11-23(24(13-30)28(22)29)25-14-32-15-26(31)18(25)5)10-17(4)33-27-12-21-8-9-35(16(2)3)19(6)36(21)34-27/h7,10-12,14-16H,4,6,8-9,31H2,1-3,5H3,(H,33,34)/b20-10-,22-7+. The van der Waals surface area contributed by atoms with Crippen LogP contribution < -0.4 is 21.5 Å². The lowest BCUT2D eigenvalue weighted by Crippen LogP contribution is -2.37. The monoisotopic (exact) mass is 499 g/mol. The summed E-state index contributed by atoms with van der Waals surface area (Å²) in [6.45, 7) is 17.4. The summed E-state index contributed by atoms with van der Waals surface area (Å²) in [6, 6.07) is 6.55. The van der Waals surface area contributed by atoms with Crippen LogP contribution >= 0.6 is 11.6 Å². The molecule has 4 rings (SSSR count). The van der Waals surface area contributed by atoms with E-state index in [9.17, 15) is 5.26 Å². The molecule has 0 amide bonds. The first-order chi connectivity index (χ1) is 17.2. The summed E-state index contributed by atoms with van der Waals surface area (Å²) in [5.41, 5.74) is 11.0. The highest BCUT2D eigenvalue weighted by Crippen LogP contribution is 2.30. The zero-order valence-electron chi connectivity index (χ0n) is 21.1. The van der Waals surface area contributed by atoms with Crippen molar-refractivity contribution in [2.45, 2.75) is 40.2 Å². The fourth-order valence-electron chi connectivity index (χ4n) is 4.55. The third-order valence-corrected chi connectivity index (χ3v) is 6.88. The molecular formula is C28H30ClN7. The van der Waals surface area contributed by atoms with Crippen molar-refractivity contribution >= 4 is 41.1 Å². The highest BCUT2D eigenvalue weighted by molar-refractivity contribution is 6.32. The van der Waals surface area contributed by atoms with E-state index >= 15 is 0 Å². The Morgan fingerprint density at radius 3 is 2.72 bits per heavy atom. The van der Waals surface area contributed by atoms with Gasteiger partial charge in [0, 0.05) is 53.8 Å². The Labute approximate surface area is 216 Å². The van der Waals surface area contributed by atoms with Crippen molar-refractivity contribution in [3.8, 4) is 17.2 Å². The largest absolute Gasteiger partial charge is 0.397 e. The fourth-order valence-corrected chi connectivity index (χ4v) is 4.91. The topological polar surface area (TPSA) is 95.8 Å². The molecule has 2 aromatic heterocycles. The third-order valence-electron chi connectivity index (χ3n) is 6.49. The number of nitrogen functional groups attached to an aromatic ring is 1. The lowest BCUT2D eigenvalue weighted by atomic mass is 9.95. The van der Waals surface area contributed by atoms with Crippen molar-refractivity contribution in [1.29, 1.82) is 5.26 Å². The van der Waals surface area contributed by atoms with E-state index in [1.54, 1.807) is 12.4 Å². The molecule has 0 atom stereocenters. The van der Waals surface area contributed by atoms with Crippen LogP contribution in [0.25, 0.3) is 29.1 Å². The number of fused-ring (bicyclic) bond motifs is 1. The second kappa shape index (κ2) is 9.92. The number of halogens is 1. The number of rotatable bonds is 5. The Kier molecular flexibility index (Phi) is 6.91. The van der Waals surface area contributed by atoms with Gasteiger partial charge in [-0.1, -0.05) is 30.8 Å². The van der Waals surface area contributed by atoms with Gasteiger partial charge in [-0.05, 0) is 55.8 Å². The molecule has 0 saturated heterocycles. The van der Waals surface area contributed by atoms with E-state index in [4.69, 9.17) is 22.4 Å². The molecule has 0 spiro atoms. The summed E-state index contributed by atoms with van der Waals surface area (Å²) in [6.07, 6.45) is 7.97. The summed E-state index contributed by atoms with van der Waals surface area (Å²) in [5.74, 6) is 1.56. The lowest BCUT2D eigenvalue weighted by Gasteiger charge is -2.34. The molecule has 3 N–H and O–H groups in total. The van der Waals surface area contributed by atoms with Crippen molar-refractivity contribution in [2.24, 2.45) is 0 Å². The summed E-state index contributed by atoms with van der Waals surface area (Å²) in [7, 11) is 0. The first-order valence-corrected chi connectivity index (χ1v) is 12.2. The second-order valence-electron chi connectivity index (χ2n) is 9.10. The number of nitrogens with zero attached hydrogens (tertiary/aromatic N) is 5. The van der Waals surface area contributed by atoms with E-state index in [0.717, 1.165) is 46.0 Å². The maximum atomic E-state index is 9.90. The number of benzene rings is 1. The van der Waals surface area contributed by atoms with Crippen LogP contribution in [0.1, 0.15) is 37.6 Å². The average molecular weight is 500 g/mol. The highest BCUT2D eigenvalue weighted by Gasteiger charge is 2.23. The zero-order valence-corrected chi connectivity index (χ0v) is 21.8. The molecule has 1 aliphatic rings. The van der Waals surface area contributed by atoms with E-state index < -0.39 is 0 Å². The lowest BCUT2D eigenvalue weighted by molar-refractivity contribution is 0.296. The molecule has 0 radical (unpaired) electrons. The van der Waals surface area contributed by atoms with Crippen LogP contribution in [0.15, 0.2) is 43.4 Å². The van der Waals surface area contributed by atoms with E-state index in [-0.39, 0.29) is 0 Å². The number of nitrogens with one attached hydrogen (secondary N) is 1. The van der Waals surface area contributed by atoms with Gasteiger partial charge in [-0.2, -0.15) is 5.26 Å². The van der Waals surface area contributed by atoms with Crippen LogP contribution in [-0.2, 0) is 6.42 Å². The van der Waals surface area contributed by atoms with Gasteiger partial charge in [0.15, 0.2) is 5.82 Å². The number of allylic oxidation sites excluding steroid dienone is 1. The Bertz CT molecular complexity index is 1540. The second-order valence-corrected chi connectivity index (χ2v) is 9.48. The van der Waals surface area contributed by atoms with Gasteiger partial charge in [0.1, 0.15) is 11.9 Å². The van der Waals surface area contributed by atoms with Gasteiger partial charge in [-0.25, -0.2) is 4.68 Å². The van der Waals surface area contributed by atoms with Gasteiger partial charge in [-0.15, -0.1) is 5.10 Å². The maximum absolute atomic E-state index is 9.90. The van der Waals surface area contributed by atoms with E-state index in [1.807, 2.05) is 42.8 Å². The minimum Gasteiger partial charge on any atom is -0.397 e. The van der Waals surface area contributed by atoms with Crippen LogP contribution in [0, 0.1) is 18.3 Å². The molecular weight excluding hydrogens is 470 g/mol. The molecule has 1 aliphatic heterocycles. The molecule has 7 nitrogen and oxygen atoms in total. The number of aromatic nitrogens is 3. The van der Waals surface area contributed by atoms with Gasteiger partial charge >= 0.3 is 0 Å². The first-order valence-electron chi connectivity index (χ1n) is 11.8. The average Bonchev–Trinajstić information content (AvgIpc) is 3.24. The smallest absolute Gasteiger partial charge is 0.153 e. The molecule has 3 heterocycles. The Morgan fingerprint density at radius 1 is 1.31 bits per heavy atom. The van der Waals surface area contributed by atoms with Gasteiger partial charge in [-0.3, -0.25) is 4.98 Å². The van der Waals surface area contributed by atoms with E-state index in [2.05, 4.69) is 48.3 Å². The number of hydrogen-bond donors (Lipinski definition) is 2. The van der Waals surface area contributed by atoms with E-state index in [0.29, 0.717) is 39.4 Å². The Hall–Kier alpha value is -4.02. The first kappa shape index (κ1) is 25.1. The molecule has 1 aromatic carbocycles. The summed E-state index contributed by atoms with van der Waals surface area (Å²) >= 11 is 6.72. The number of hydrogen-bond acceptors (Lipinski definition) is 6. The maximum Gasteiger partial charge on any atom is 0.153 e. The molecule has 8 heteroatoms. The van der Waals surface area contributed by atoms with Crippen LogP contribution in [0.4, 0.5) is 11.5 Å². The van der Waals surface area contributed by atoms with Crippen molar-refractivity contribution in [2.75, 3.05) is 17.6 Å². The van der Waals surface area contributed by atoms with Crippen LogP contribution in [-0.4, -0.2) is 32.3 Å². The predicted molar refractivity (Wildman–Crippen MR) is 148 cm³/mol. The van der Waals surface area contributed by atoms with Crippen LogP contribution in [0.2, 0.25) is 5.02 Å². The molecule has 0 fully saturated rings. The normalized spacial score (nSPS) is 14.2. The van der Waals surface area contributed by atoms with Gasteiger partial charge < -0.3 is 16.0 Å². The molecule has 0 unspecified atom stereocenters. The number of pyridine rings is 1. The Morgan fingerprint density at radius 2 is 2.06 bits per heavy atom. The van der Waals surface area contributed by atoms with Crippen molar-refractivity contribution in [1.82, 2.24) is 19.7 Å². The number of anilines is 2. The summed E-state index contributed by atoms with van der Waals surface area (Å²) < 4.78 is 1.89. The fraction of sp³-hybridized carbons (Fsp3) is 0.250. The van der Waals surface area contributed by atoms with Crippen molar-refractivity contribution in [3.63, 3.8) is 0 Å². The minimum absolute atomic E-state index is 0.354. The summed E-state index contributed by atoms with van der Waals surface area (Å²) in [4.78, 5) is 6.46. The van der Waals surface area contributed by atoms with Crippen LogP contribution in [0.5, 0.6) is 0 Å². The minimum atomic E-state index is 0.354. The van der Waals surface area contributed by atoms with E-state index in [1.165, 1.54) is 0 Å². The van der Waals surface area contributed by atoms with Crippen LogP contribution in [0.3, 0.4) is 0 Å². The number of nitrogens with two attached hydrogens (primary N) is 1. The van der Waals surface area contributed by atoms with Gasteiger partial charge in [0.05, 0.1) is 22.5 Å². The molecule has 0 saturated carbocycles. The molecule has 3 aromatic rings. The van der Waals surface area contributed by atoms with Gasteiger partial charge in [0.25, 0.3) is 0 Å². The quantitative estimate of drug-likeness (QED) is 0.544. The molecule has 36 heavy (non-hydrogen) atoms. The summed E-state index contributed by atoms with van der Waals surface area (Å²) in [5, 5.41) is 19.8. The van der Waals surface area contributed by atoms with Crippen molar-refractivity contribution < 1.29 is 0 Å². The highest BCUT2D eigenvalue weighted by atomic mass is 35.5. The zero-order chi connectivity index (χ0) is 26.1. The molecule has 0 aliphatic carbocycles. The molecule has 184 valence electrons. The van der Waals surface area contributed by atoms with Crippen molar-refractivity contribution in [3.05, 3.63) is 75.7 Å². The predicted octanol–water partition coefficient (Wildman–Crippen LogP) is 4.26. The molecule has 0 bridgehead atoms.